The minimum atomic E-state index is -0.650. The van der Waals surface area contributed by atoms with E-state index in [4.69, 9.17) is 5.11 Å². The zero-order chi connectivity index (χ0) is 21.4. The standard InChI is InChI=1S/C27H54O2/c1-3-4-5-17-20-23-26(2)24-21-18-15-13-11-9-7-6-8-10-12-14-16-19-22-25-27(28)29/h26H,3-25H2,1-2H3,(H,28,29). The van der Waals surface area contributed by atoms with Crippen molar-refractivity contribution in [3.63, 3.8) is 0 Å². The smallest absolute Gasteiger partial charge is 0.303 e. The number of aliphatic carboxylic acids is 1. The van der Waals surface area contributed by atoms with Crippen molar-refractivity contribution in [2.45, 2.75) is 162 Å². The summed E-state index contributed by atoms with van der Waals surface area (Å²) in [5.74, 6) is 0.296. The molecule has 2 heteroatoms. The SMILES string of the molecule is CCCCCCCC(C)CCCCCCCCCCCCCCCCCC(=O)O. The molecule has 0 aliphatic carbocycles. The molecule has 2 nitrogen and oxygen atoms in total. The maximum absolute atomic E-state index is 10.4. The zero-order valence-electron chi connectivity index (χ0n) is 20.2. The molecule has 0 aliphatic rings. The van der Waals surface area contributed by atoms with Crippen molar-refractivity contribution in [1.82, 2.24) is 0 Å². The van der Waals surface area contributed by atoms with Gasteiger partial charge in [-0.2, -0.15) is 0 Å². The Labute approximate surface area is 183 Å². The molecule has 0 bridgehead atoms. The summed E-state index contributed by atoms with van der Waals surface area (Å²) in [5, 5.41) is 8.59. The fraction of sp³-hybridized carbons (Fsp3) is 0.963. The van der Waals surface area contributed by atoms with E-state index in [0.29, 0.717) is 6.42 Å². The normalized spacial score (nSPS) is 12.3. The van der Waals surface area contributed by atoms with Gasteiger partial charge in [0.1, 0.15) is 0 Å². The molecule has 0 aliphatic heterocycles. The second-order valence-electron chi connectivity index (χ2n) is 9.54. The van der Waals surface area contributed by atoms with Gasteiger partial charge < -0.3 is 5.11 Å². The van der Waals surface area contributed by atoms with E-state index in [9.17, 15) is 4.79 Å². The topological polar surface area (TPSA) is 37.3 Å². The Morgan fingerprint density at radius 3 is 1.21 bits per heavy atom. The first-order valence-electron chi connectivity index (χ1n) is 13.4. The van der Waals surface area contributed by atoms with Crippen molar-refractivity contribution in [1.29, 1.82) is 0 Å². The first-order valence-corrected chi connectivity index (χ1v) is 13.4. The van der Waals surface area contributed by atoms with Crippen LogP contribution in [-0.4, -0.2) is 11.1 Å². The predicted octanol–water partition coefficient (Wildman–Crippen LogP) is 9.70. The van der Waals surface area contributed by atoms with Gasteiger partial charge in [-0.05, 0) is 12.3 Å². The average Bonchev–Trinajstić information content (AvgIpc) is 2.70. The van der Waals surface area contributed by atoms with Gasteiger partial charge in [-0.3, -0.25) is 4.79 Å². The van der Waals surface area contributed by atoms with Crippen LogP contribution in [0.3, 0.4) is 0 Å². The highest BCUT2D eigenvalue weighted by Gasteiger charge is 2.02. The van der Waals surface area contributed by atoms with Gasteiger partial charge in [-0.1, -0.05) is 149 Å². The molecule has 0 aromatic rings. The Morgan fingerprint density at radius 2 is 0.862 bits per heavy atom. The lowest BCUT2D eigenvalue weighted by atomic mass is 9.96. The third kappa shape index (κ3) is 25.4. The van der Waals surface area contributed by atoms with Crippen LogP contribution in [0.2, 0.25) is 0 Å². The number of carboxylic acid groups (broad SMARTS) is 1. The molecule has 0 fully saturated rings. The second-order valence-corrected chi connectivity index (χ2v) is 9.54. The Balaban J connectivity index is 3.10. The number of unbranched alkanes of at least 4 members (excludes halogenated alkanes) is 18. The quantitative estimate of drug-likeness (QED) is 0.161. The predicted molar refractivity (Wildman–Crippen MR) is 129 cm³/mol. The van der Waals surface area contributed by atoms with Gasteiger partial charge in [0.15, 0.2) is 0 Å². The van der Waals surface area contributed by atoms with Gasteiger partial charge in [-0.15, -0.1) is 0 Å². The van der Waals surface area contributed by atoms with Crippen LogP contribution < -0.4 is 0 Å². The minimum Gasteiger partial charge on any atom is -0.481 e. The first-order chi connectivity index (χ1) is 14.2. The highest BCUT2D eigenvalue weighted by Crippen LogP contribution is 2.19. The lowest BCUT2D eigenvalue weighted by Gasteiger charge is -2.11. The van der Waals surface area contributed by atoms with Crippen LogP contribution in [0.5, 0.6) is 0 Å². The van der Waals surface area contributed by atoms with E-state index in [-0.39, 0.29) is 0 Å². The number of carbonyl (C=O) groups is 1. The van der Waals surface area contributed by atoms with Crippen LogP contribution in [0.15, 0.2) is 0 Å². The molecule has 0 saturated heterocycles. The van der Waals surface area contributed by atoms with Crippen LogP contribution in [0.1, 0.15) is 162 Å². The third-order valence-electron chi connectivity index (χ3n) is 6.39. The lowest BCUT2D eigenvalue weighted by Crippen LogP contribution is -1.95. The molecule has 0 rings (SSSR count). The monoisotopic (exact) mass is 410 g/mol. The largest absolute Gasteiger partial charge is 0.481 e. The first kappa shape index (κ1) is 28.5. The molecule has 1 atom stereocenters. The Bertz CT molecular complexity index is 326. The van der Waals surface area contributed by atoms with Crippen molar-refractivity contribution in [3.8, 4) is 0 Å². The van der Waals surface area contributed by atoms with Crippen molar-refractivity contribution < 1.29 is 9.90 Å². The summed E-state index contributed by atoms with van der Waals surface area (Å²) < 4.78 is 0. The van der Waals surface area contributed by atoms with Crippen molar-refractivity contribution in [3.05, 3.63) is 0 Å². The van der Waals surface area contributed by atoms with Crippen LogP contribution >= 0.6 is 0 Å². The minimum absolute atomic E-state index is 0.346. The summed E-state index contributed by atoms with van der Waals surface area (Å²) in [6, 6.07) is 0. The molecule has 0 amide bonds. The average molecular weight is 411 g/mol. The van der Waals surface area contributed by atoms with Crippen molar-refractivity contribution in [2.75, 3.05) is 0 Å². The number of carboxylic acids is 1. The lowest BCUT2D eigenvalue weighted by molar-refractivity contribution is -0.137. The molecule has 0 saturated carbocycles. The van der Waals surface area contributed by atoms with E-state index in [0.717, 1.165) is 18.8 Å². The van der Waals surface area contributed by atoms with Crippen molar-refractivity contribution in [2.24, 2.45) is 5.92 Å². The third-order valence-corrected chi connectivity index (χ3v) is 6.39. The van der Waals surface area contributed by atoms with E-state index in [1.807, 2.05) is 0 Å². The molecule has 1 unspecified atom stereocenters. The molecule has 0 aromatic carbocycles. The van der Waals surface area contributed by atoms with E-state index >= 15 is 0 Å². The van der Waals surface area contributed by atoms with Crippen LogP contribution in [0, 0.1) is 5.92 Å². The summed E-state index contributed by atoms with van der Waals surface area (Å²) in [6.45, 7) is 4.75. The highest BCUT2D eigenvalue weighted by atomic mass is 16.4. The maximum Gasteiger partial charge on any atom is 0.303 e. The molecule has 29 heavy (non-hydrogen) atoms. The number of rotatable bonds is 24. The van der Waals surface area contributed by atoms with E-state index in [1.54, 1.807) is 0 Å². The van der Waals surface area contributed by atoms with E-state index in [1.165, 1.54) is 128 Å². The molecule has 1 N–H and O–H groups in total. The molecule has 0 heterocycles. The van der Waals surface area contributed by atoms with Gasteiger partial charge in [0.2, 0.25) is 0 Å². The van der Waals surface area contributed by atoms with E-state index < -0.39 is 5.97 Å². The summed E-state index contributed by atoms with van der Waals surface area (Å²) in [6.07, 6.45) is 30.4. The summed E-state index contributed by atoms with van der Waals surface area (Å²) in [7, 11) is 0. The van der Waals surface area contributed by atoms with Gasteiger partial charge in [0, 0.05) is 6.42 Å². The Kier molecular flexibility index (Phi) is 23.3. The summed E-state index contributed by atoms with van der Waals surface area (Å²) >= 11 is 0. The molecular weight excluding hydrogens is 356 g/mol. The van der Waals surface area contributed by atoms with Crippen LogP contribution in [0.4, 0.5) is 0 Å². The number of hydrogen-bond donors (Lipinski definition) is 1. The molecule has 0 spiro atoms. The highest BCUT2D eigenvalue weighted by molar-refractivity contribution is 5.66. The Hall–Kier alpha value is -0.530. The molecular formula is C27H54O2. The summed E-state index contributed by atoms with van der Waals surface area (Å²) in [5.41, 5.74) is 0. The second kappa shape index (κ2) is 23.7. The van der Waals surface area contributed by atoms with Crippen molar-refractivity contribution >= 4 is 5.97 Å². The van der Waals surface area contributed by atoms with E-state index in [2.05, 4.69) is 13.8 Å². The summed E-state index contributed by atoms with van der Waals surface area (Å²) in [4.78, 5) is 10.4. The fourth-order valence-corrected chi connectivity index (χ4v) is 4.31. The van der Waals surface area contributed by atoms with Crippen LogP contribution in [0.25, 0.3) is 0 Å². The van der Waals surface area contributed by atoms with Gasteiger partial charge in [-0.25, -0.2) is 0 Å². The zero-order valence-corrected chi connectivity index (χ0v) is 20.2. The molecule has 0 radical (unpaired) electrons. The molecule has 0 aromatic heterocycles. The van der Waals surface area contributed by atoms with Gasteiger partial charge in [0.05, 0.1) is 0 Å². The van der Waals surface area contributed by atoms with Gasteiger partial charge in [0.25, 0.3) is 0 Å². The Morgan fingerprint density at radius 1 is 0.552 bits per heavy atom. The van der Waals surface area contributed by atoms with Crippen LogP contribution in [-0.2, 0) is 4.79 Å². The number of hydrogen-bond acceptors (Lipinski definition) is 1. The maximum atomic E-state index is 10.4. The fourth-order valence-electron chi connectivity index (χ4n) is 4.31. The van der Waals surface area contributed by atoms with Gasteiger partial charge >= 0.3 is 5.97 Å². The molecule has 174 valence electrons.